The molecule has 42 valence electrons. The molecule has 1 aliphatic heterocycles. The summed E-state index contributed by atoms with van der Waals surface area (Å²) in [6.07, 6.45) is 0.154. The van der Waals surface area contributed by atoms with Crippen LogP contribution in [-0.2, 0) is 0 Å². The van der Waals surface area contributed by atoms with E-state index >= 15 is 0 Å². The van der Waals surface area contributed by atoms with Crippen molar-refractivity contribution in [3.8, 4) is 0 Å². The van der Waals surface area contributed by atoms with E-state index < -0.39 is 6.10 Å². The van der Waals surface area contributed by atoms with Crippen LogP contribution in [-0.4, -0.2) is 29.4 Å². The molecule has 1 N–H and O–H groups in total. The Labute approximate surface area is 41.5 Å². The van der Waals surface area contributed by atoms with E-state index in [9.17, 15) is 4.48 Å². The molecule has 0 aromatic heterocycles. The SMILES string of the molecule is OC1CCN(F)C1. The Morgan fingerprint density at radius 3 is 2.57 bits per heavy atom. The highest BCUT2D eigenvalue weighted by Crippen LogP contribution is 2.07. The maximum Gasteiger partial charge on any atom is 0.0706 e. The number of aliphatic hydroxyl groups excluding tert-OH is 1. The molecule has 1 saturated heterocycles. The number of β-amino-alcohol motifs (C(OH)–C–C–N with tert-alkyl or cyclic N) is 1. The zero-order valence-electron chi connectivity index (χ0n) is 3.97. The molecule has 1 unspecified atom stereocenters. The Morgan fingerprint density at radius 1 is 1.71 bits per heavy atom. The van der Waals surface area contributed by atoms with Crippen LogP contribution >= 0.6 is 0 Å². The quantitative estimate of drug-likeness (QED) is 0.436. The molecule has 3 heteroatoms. The zero-order valence-corrected chi connectivity index (χ0v) is 3.97. The number of rotatable bonds is 0. The molecule has 0 aliphatic carbocycles. The number of nitrogens with zero attached hydrogens (tertiary/aromatic N) is 1. The van der Waals surface area contributed by atoms with Gasteiger partial charge < -0.3 is 5.11 Å². The van der Waals surface area contributed by atoms with Crippen LogP contribution in [0.1, 0.15) is 6.42 Å². The standard InChI is InChI=1S/C4H8FNO/c5-6-2-1-4(7)3-6/h4,7H,1-3H2. The van der Waals surface area contributed by atoms with Crippen molar-refractivity contribution < 1.29 is 9.59 Å². The lowest BCUT2D eigenvalue weighted by molar-refractivity contribution is 0.0392. The maximum absolute atomic E-state index is 11.8. The summed E-state index contributed by atoms with van der Waals surface area (Å²) < 4.78 is 11.8. The minimum atomic E-state index is -0.426. The average Bonchev–Trinajstić information content (AvgIpc) is 1.87. The van der Waals surface area contributed by atoms with E-state index in [1.165, 1.54) is 0 Å². The van der Waals surface area contributed by atoms with Crippen LogP contribution in [0.3, 0.4) is 0 Å². The third-order valence-electron chi connectivity index (χ3n) is 1.11. The van der Waals surface area contributed by atoms with E-state index in [0.717, 1.165) is 0 Å². The van der Waals surface area contributed by atoms with Gasteiger partial charge in [0.1, 0.15) is 0 Å². The van der Waals surface area contributed by atoms with Crippen molar-refractivity contribution in [1.82, 2.24) is 5.12 Å². The predicted octanol–water partition coefficient (Wildman–Crippen LogP) is -0.0625. The van der Waals surface area contributed by atoms with Gasteiger partial charge in [-0.3, -0.25) is 0 Å². The van der Waals surface area contributed by atoms with Gasteiger partial charge >= 0.3 is 0 Å². The van der Waals surface area contributed by atoms with Crippen LogP contribution in [0.15, 0.2) is 0 Å². The first-order chi connectivity index (χ1) is 3.29. The third kappa shape index (κ3) is 1.11. The van der Waals surface area contributed by atoms with Crippen molar-refractivity contribution in [2.24, 2.45) is 0 Å². The molecule has 0 saturated carbocycles. The highest BCUT2D eigenvalue weighted by atomic mass is 19.2. The monoisotopic (exact) mass is 105 g/mol. The first-order valence-corrected chi connectivity index (χ1v) is 2.38. The average molecular weight is 105 g/mol. The molecule has 1 fully saturated rings. The van der Waals surface area contributed by atoms with Gasteiger partial charge in [0, 0.05) is 6.54 Å². The number of hydrogen-bond donors (Lipinski definition) is 1. The molecular weight excluding hydrogens is 97.0 g/mol. The molecule has 0 bridgehead atoms. The lowest BCUT2D eigenvalue weighted by Gasteiger charge is -1.96. The molecule has 0 radical (unpaired) electrons. The molecule has 7 heavy (non-hydrogen) atoms. The summed E-state index contributed by atoms with van der Waals surface area (Å²) in [5.74, 6) is 0. The Kier molecular flexibility index (Phi) is 1.25. The summed E-state index contributed by atoms with van der Waals surface area (Å²) in [7, 11) is 0. The molecule has 1 heterocycles. The Morgan fingerprint density at radius 2 is 2.43 bits per heavy atom. The predicted molar refractivity (Wildman–Crippen MR) is 23.3 cm³/mol. The Hall–Kier alpha value is -0.150. The maximum atomic E-state index is 11.8. The van der Waals surface area contributed by atoms with Crippen molar-refractivity contribution in [3.05, 3.63) is 0 Å². The van der Waals surface area contributed by atoms with Gasteiger partial charge in [0.2, 0.25) is 0 Å². The molecule has 2 nitrogen and oxygen atoms in total. The molecule has 1 atom stereocenters. The summed E-state index contributed by atoms with van der Waals surface area (Å²) in [5, 5.41) is 9.25. The van der Waals surface area contributed by atoms with E-state index in [4.69, 9.17) is 5.11 Å². The van der Waals surface area contributed by atoms with Crippen LogP contribution in [0.4, 0.5) is 4.48 Å². The number of hydrogen-bond acceptors (Lipinski definition) is 2. The van der Waals surface area contributed by atoms with Gasteiger partial charge in [-0.25, -0.2) is 0 Å². The highest BCUT2D eigenvalue weighted by Gasteiger charge is 2.18. The molecule has 0 aromatic rings. The summed E-state index contributed by atoms with van der Waals surface area (Å²) in [6, 6.07) is 0. The normalized spacial score (nSPS) is 34.3. The van der Waals surface area contributed by atoms with Crippen molar-refractivity contribution in [1.29, 1.82) is 0 Å². The van der Waals surface area contributed by atoms with E-state index in [1.807, 2.05) is 0 Å². The summed E-state index contributed by atoms with van der Waals surface area (Å²) in [6.45, 7) is 0.584. The number of aliphatic hydroxyl groups is 1. The van der Waals surface area contributed by atoms with Gasteiger partial charge in [-0.2, -0.15) is 0 Å². The van der Waals surface area contributed by atoms with Gasteiger partial charge in [-0.15, -0.1) is 9.60 Å². The van der Waals surface area contributed by atoms with E-state index in [1.54, 1.807) is 0 Å². The third-order valence-corrected chi connectivity index (χ3v) is 1.11. The molecule has 1 aliphatic rings. The topological polar surface area (TPSA) is 23.5 Å². The molecule has 0 aromatic carbocycles. The minimum Gasteiger partial charge on any atom is -0.392 e. The van der Waals surface area contributed by atoms with Gasteiger partial charge in [0.15, 0.2) is 0 Å². The first kappa shape index (κ1) is 5.00. The summed E-state index contributed by atoms with van der Waals surface area (Å²) >= 11 is 0. The van der Waals surface area contributed by atoms with Crippen molar-refractivity contribution in [2.45, 2.75) is 12.5 Å². The summed E-state index contributed by atoms with van der Waals surface area (Å²) in [4.78, 5) is 0. The molecular formula is C4H8FNO. The number of halogens is 1. The first-order valence-electron chi connectivity index (χ1n) is 2.38. The zero-order chi connectivity index (χ0) is 5.28. The van der Waals surface area contributed by atoms with Gasteiger partial charge in [0.25, 0.3) is 0 Å². The molecule has 0 spiro atoms. The van der Waals surface area contributed by atoms with Gasteiger partial charge in [-0.05, 0) is 6.42 Å². The smallest absolute Gasteiger partial charge is 0.0706 e. The van der Waals surface area contributed by atoms with E-state index in [2.05, 4.69) is 0 Å². The second kappa shape index (κ2) is 1.76. The van der Waals surface area contributed by atoms with Crippen LogP contribution in [0.2, 0.25) is 0 Å². The highest BCUT2D eigenvalue weighted by molar-refractivity contribution is 4.67. The van der Waals surface area contributed by atoms with Crippen LogP contribution < -0.4 is 0 Å². The largest absolute Gasteiger partial charge is 0.392 e. The van der Waals surface area contributed by atoms with Crippen molar-refractivity contribution >= 4 is 0 Å². The minimum absolute atomic E-state index is 0.194. The second-order valence-corrected chi connectivity index (χ2v) is 1.81. The molecule has 0 amide bonds. The van der Waals surface area contributed by atoms with Crippen LogP contribution in [0, 0.1) is 0 Å². The second-order valence-electron chi connectivity index (χ2n) is 1.81. The lowest BCUT2D eigenvalue weighted by Crippen LogP contribution is -2.11. The lowest BCUT2D eigenvalue weighted by atomic mass is 10.3. The van der Waals surface area contributed by atoms with Crippen molar-refractivity contribution in [3.63, 3.8) is 0 Å². The summed E-state index contributed by atoms with van der Waals surface area (Å²) in [5.41, 5.74) is 0. The molecule has 1 rings (SSSR count). The van der Waals surface area contributed by atoms with Crippen molar-refractivity contribution in [2.75, 3.05) is 13.1 Å². The van der Waals surface area contributed by atoms with Crippen LogP contribution in [0.25, 0.3) is 0 Å². The fourth-order valence-electron chi connectivity index (χ4n) is 0.700. The van der Waals surface area contributed by atoms with E-state index in [0.29, 0.717) is 18.1 Å². The van der Waals surface area contributed by atoms with Crippen LogP contribution in [0.5, 0.6) is 0 Å². The Bertz CT molecular complexity index is 60.7. The fraction of sp³-hybridized carbons (Fsp3) is 1.00. The fourth-order valence-corrected chi connectivity index (χ4v) is 0.700. The van der Waals surface area contributed by atoms with Gasteiger partial charge in [0.05, 0.1) is 12.6 Å². The van der Waals surface area contributed by atoms with Gasteiger partial charge in [-0.1, -0.05) is 0 Å². The van der Waals surface area contributed by atoms with E-state index in [-0.39, 0.29) is 6.54 Å². The Balaban J connectivity index is 2.26.